The van der Waals surface area contributed by atoms with E-state index in [1.807, 2.05) is 24.3 Å². The molecule has 1 aromatic carbocycles. The third kappa shape index (κ3) is 6.85. The van der Waals surface area contributed by atoms with Gasteiger partial charge < -0.3 is 11.1 Å². The van der Waals surface area contributed by atoms with Gasteiger partial charge in [-0.05, 0) is 31.0 Å². The number of rotatable bonds is 9. The number of primary amides is 1. The van der Waals surface area contributed by atoms with Gasteiger partial charge in [0, 0.05) is 11.7 Å². The second-order valence-corrected chi connectivity index (χ2v) is 5.23. The molecule has 1 aromatic rings. The summed E-state index contributed by atoms with van der Waals surface area (Å²) in [4.78, 5) is 10.8. The summed E-state index contributed by atoms with van der Waals surface area (Å²) in [5.74, 6) is -0.287. The molecule has 1 amide bonds. The van der Waals surface area contributed by atoms with Crippen LogP contribution in [0.3, 0.4) is 0 Å². The molecule has 0 heterocycles. The molecule has 19 heavy (non-hydrogen) atoms. The lowest BCUT2D eigenvalue weighted by atomic mass is 10.1. The molecule has 3 nitrogen and oxygen atoms in total. The number of carbonyl (C=O) groups excluding carboxylic acids is 1. The van der Waals surface area contributed by atoms with Gasteiger partial charge in [0.25, 0.3) is 0 Å². The predicted molar refractivity (Wildman–Crippen MR) is 81.2 cm³/mol. The summed E-state index contributed by atoms with van der Waals surface area (Å²) < 4.78 is 0. The summed E-state index contributed by atoms with van der Waals surface area (Å²) in [5.41, 5.74) is 7.24. The highest BCUT2D eigenvalue weighted by molar-refractivity contribution is 5.76. The van der Waals surface area contributed by atoms with Crippen molar-refractivity contribution >= 4 is 11.6 Å². The largest absolute Gasteiger partial charge is 0.383 e. The number of hydrogen-bond acceptors (Lipinski definition) is 2. The Morgan fingerprint density at radius 2 is 1.89 bits per heavy atom. The van der Waals surface area contributed by atoms with Crippen LogP contribution in [0.25, 0.3) is 0 Å². The minimum absolute atomic E-state index is 0.287. The van der Waals surface area contributed by atoms with Gasteiger partial charge in [-0.1, -0.05) is 44.7 Å². The third-order valence-electron chi connectivity index (χ3n) is 3.24. The number of anilines is 1. The number of hydrogen-bond donors (Lipinski definition) is 2. The van der Waals surface area contributed by atoms with Gasteiger partial charge in [-0.25, -0.2) is 0 Å². The van der Waals surface area contributed by atoms with Crippen molar-refractivity contribution in [1.82, 2.24) is 0 Å². The molecule has 1 unspecified atom stereocenters. The van der Waals surface area contributed by atoms with Gasteiger partial charge in [0.2, 0.25) is 5.91 Å². The fourth-order valence-electron chi connectivity index (χ4n) is 2.15. The van der Waals surface area contributed by atoms with Gasteiger partial charge in [0.15, 0.2) is 0 Å². The van der Waals surface area contributed by atoms with Crippen LogP contribution < -0.4 is 11.1 Å². The Hall–Kier alpha value is -1.51. The predicted octanol–water partition coefficient (Wildman–Crippen LogP) is 3.49. The molecule has 0 saturated carbocycles. The van der Waals surface area contributed by atoms with Gasteiger partial charge in [0.1, 0.15) is 0 Å². The van der Waals surface area contributed by atoms with Crippen LogP contribution in [0.4, 0.5) is 5.69 Å². The van der Waals surface area contributed by atoms with Crippen LogP contribution in [0.2, 0.25) is 0 Å². The molecule has 3 heteroatoms. The number of benzene rings is 1. The minimum Gasteiger partial charge on any atom is -0.383 e. The molecular weight excluding hydrogens is 236 g/mol. The van der Waals surface area contributed by atoms with E-state index in [1.54, 1.807) is 0 Å². The van der Waals surface area contributed by atoms with E-state index in [0.29, 0.717) is 12.5 Å². The van der Waals surface area contributed by atoms with E-state index < -0.39 is 0 Å². The zero-order valence-electron chi connectivity index (χ0n) is 12.1. The van der Waals surface area contributed by atoms with Crippen molar-refractivity contribution in [3.63, 3.8) is 0 Å². The van der Waals surface area contributed by atoms with Crippen LogP contribution in [0.15, 0.2) is 24.3 Å². The zero-order valence-corrected chi connectivity index (χ0v) is 12.1. The number of nitrogens with one attached hydrogen (secondary N) is 1. The fourth-order valence-corrected chi connectivity index (χ4v) is 2.15. The van der Waals surface area contributed by atoms with Gasteiger partial charge in [0.05, 0.1) is 6.42 Å². The van der Waals surface area contributed by atoms with E-state index in [-0.39, 0.29) is 5.91 Å². The second kappa shape index (κ2) is 8.57. The van der Waals surface area contributed by atoms with Gasteiger partial charge >= 0.3 is 0 Å². The van der Waals surface area contributed by atoms with Crippen molar-refractivity contribution in [2.75, 3.05) is 5.32 Å². The lowest BCUT2D eigenvalue weighted by Crippen LogP contribution is -2.15. The second-order valence-electron chi connectivity index (χ2n) is 5.23. The van der Waals surface area contributed by atoms with E-state index in [0.717, 1.165) is 11.3 Å². The SMILES string of the molecule is CCCCCCC(C)Nc1ccc(CC(N)=O)cc1. The maximum Gasteiger partial charge on any atom is 0.221 e. The van der Waals surface area contributed by atoms with Crippen molar-refractivity contribution in [3.05, 3.63) is 29.8 Å². The van der Waals surface area contributed by atoms with Crippen molar-refractivity contribution in [3.8, 4) is 0 Å². The monoisotopic (exact) mass is 262 g/mol. The molecule has 0 aliphatic rings. The summed E-state index contributed by atoms with van der Waals surface area (Å²) in [6.45, 7) is 4.44. The normalized spacial score (nSPS) is 12.1. The molecule has 3 N–H and O–H groups in total. The van der Waals surface area contributed by atoms with Crippen LogP contribution >= 0.6 is 0 Å². The Morgan fingerprint density at radius 3 is 2.47 bits per heavy atom. The van der Waals surface area contributed by atoms with Crippen molar-refractivity contribution in [1.29, 1.82) is 0 Å². The minimum atomic E-state index is -0.287. The molecule has 1 atom stereocenters. The lowest BCUT2D eigenvalue weighted by Gasteiger charge is -2.15. The average Bonchev–Trinajstić information content (AvgIpc) is 2.36. The van der Waals surface area contributed by atoms with Crippen LogP contribution in [0, 0.1) is 0 Å². The molecule has 0 aliphatic carbocycles. The molecule has 0 spiro atoms. The maximum atomic E-state index is 10.8. The quantitative estimate of drug-likeness (QED) is 0.669. The van der Waals surface area contributed by atoms with Crippen molar-refractivity contribution < 1.29 is 4.79 Å². The Balaban J connectivity index is 2.33. The highest BCUT2D eigenvalue weighted by Crippen LogP contribution is 2.14. The number of unbranched alkanes of at least 4 members (excludes halogenated alkanes) is 3. The smallest absolute Gasteiger partial charge is 0.221 e. The Labute approximate surface area is 116 Å². The first-order valence-corrected chi connectivity index (χ1v) is 7.25. The van der Waals surface area contributed by atoms with Crippen LogP contribution in [-0.2, 0) is 11.2 Å². The highest BCUT2D eigenvalue weighted by Gasteiger charge is 2.03. The number of carbonyl (C=O) groups is 1. The summed E-state index contributed by atoms with van der Waals surface area (Å²) in [6.07, 6.45) is 6.72. The number of amides is 1. The van der Waals surface area contributed by atoms with Crippen molar-refractivity contribution in [2.24, 2.45) is 5.73 Å². The van der Waals surface area contributed by atoms with E-state index in [4.69, 9.17) is 5.73 Å². The summed E-state index contributed by atoms with van der Waals surface area (Å²) in [7, 11) is 0. The van der Waals surface area contributed by atoms with E-state index in [2.05, 4.69) is 19.2 Å². The van der Waals surface area contributed by atoms with E-state index in [9.17, 15) is 4.79 Å². The van der Waals surface area contributed by atoms with Gasteiger partial charge in [-0.2, -0.15) is 0 Å². The summed E-state index contributed by atoms with van der Waals surface area (Å²) in [5, 5.41) is 3.48. The first kappa shape index (κ1) is 15.5. The van der Waals surface area contributed by atoms with Gasteiger partial charge in [-0.3, -0.25) is 4.79 Å². The zero-order chi connectivity index (χ0) is 14.1. The van der Waals surface area contributed by atoms with Crippen LogP contribution in [0.1, 0.15) is 51.5 Å². The van der Waals surface area contributed by atoms with E-state index >= 15 is 0 Å². The van der Waals surface area contributed by atoms with Crippen LogP contribution in [-0.4, -0.2) is 11.9 Å². The Bertz CT molecular complexity index is 373. The first-order valence-electron chi connectivity index (χ1n) is 7.25. The Morgan fingerprint density at radius 1 is 1.21 bits per heavy atom. The third-order valence-corrected chi connectivity index (χ3v) is 3.24. The highest BCUT2D eigenvalue weighted by atomic mass is 16.1. The average molecular weight is 262 g/mol. The van der Waals surface area contributed by atoms with E-state index in [1.165, 1.54) is 32.1 Å². The van der Waals surface area contributed by atoms with Crippen LogP contribution in [0.5, 0.6) is 0 Å². The molecule has 106 valence electrons. The maximum absolute atomic E-state index is 10.8. The molecule has 0 bridgehead atoms. The first-order chi connectivity index (χ1) is 9.11. The molecular formula is C16H26N2O. The fraction of sp³-hybridized carbons (Fsp3) is 0.562. The topological polar surface area (TPSA) is 55.1 Å². The molecule has 0 saturated heterocycles. The molecule has 0 fully saturated rings. The standard InChI is InChI=1S/C16H26N2O/c1-3-4-5-6-7-13(2)18-15-10-8-14(9-11-15)12-16(17)19/h8-11,13,18H,3-7,12H2,1-2H3,(H2,17,19). The molecule has 0 aromatic heterocycles. The van der Waals surface area contributed by atoms with Gasteiger partial charge in [-0.15, -0.1) is 0 Å². The molecule has 1 rings (SSSR count). The Kier molecular flexibility index (Phi) is 7.01. The number of nitrogens with two attached hydrogens (primary N) is 1. The van der Waals surface area contributed by atoms with Crippen molar-refractivity contribution in [2.45, 2.75) is 58.4 Å². The summed E-state index contributed by atoms with van der Waals surface area (Å²) in [6, 6.07) is 8.42. The molecule has 0 aliphatic heterocycles. The lowest BCUT2D eigenvalue weighted by molar-refractivity contribution is -0.117. The molecule has 0 radical (unpaired) electrons. The summed E-state index contributed by atoms with van der Waals surface area (Å²) >= 11 is 0.